The minimum atomic E-state index is -3.69. The number of hydrogen-bond donors (Lipinski definition) is 0. The lowest BCUT2D eigenvalue weighted by Crippen LogP contribution is -2.39. The fourth-order valence-corrected chi connectivity index (χ4v) is 6.14. The topological polar surface area (TPSA) is 102 Å². The molecule has 1 unspecified atom stereocenters. The lowest BCUT2D eigenvalue weighted by atomic mass is 9.96. The predicted octanol–water partition coefficient (Wildman–Crippen LogP) is 1.92. The van der Waals surface area contributed by atoms with Crippen LogP contribution in [0, 0.1) is 13.8 Å². The van der Waals surface area contributed by atoms with Gasteiger partial charge in [0.25, 0.3) is 5.91 Å². The fraction of sp³-hybridized carbons (Fsp3) is 0.632. The van der Waals surface area contributed by atoms with E-state index in [1.165, 1.54) is 4.31 Å². The van der Waals surface area contributed by atoms with Gasteiger partial charge in [0.2, 0.25) is 10.0 Å². The number of amides is 1. The summed E-state index contributed by atoms with van der Waals surface area (Å²) in [5.41, 5.74) is 1.78. The molecule has 9 nitrogen and oxygen atoms in total. The Hall–Kier alpha value is -2.20. The minimum Gasteiger partial charge on any atom is -0.360 e. The number of rotatable bonds is 4. The van der Waals surface area contributed by atoms with Gasteiger partial charge in [-0.05, 0) is 46.1 Å². The molecule has 0 bridgehead atoms. The van der Waals surface area contributed by atoms with Gasteiger partial charge in [0, 0.05) is 38.6 Å². The standard InChI is InChI=1S/C19H27N5O4S/c1-4-22-8-6-10-24-17(19(22)25)11-16(20-24)15-7-5-9-23(12-15)29(26,27)18-13(2)21-28-14(18)3/h11,15H,4-10,12H2,1-3H3. The summed E-state index contributed by atoms with van der Waals surface area (Å²) in [6.07, 6.45) is 2.45. The van der Waals surface area contributed by atoms with Crippen molar-refractivity contribution in [3.8, 4) is 0 Å². The SMILES string of the molecule is CCN1CCCn2nc(C3CCCN(S(=O)(=O)c4c(C)noc4C)C3)cc2C1=O. The molecule has 0 aromatic carbocycles. The van der Waals surface area contributed by atoms with Crippen molar-refractivity contribution in [3.63, 3.8) is 0 Å². The Balaban J connectivity index is 1.60. The number of aryl methyl sites for hydroxylation is 3. The second-order valence-corrected chi connectivity index (χ2v) is 9.65. The van der Waals surface area contributed by atoms with E-state index in [2.05, 4.69) is 10.3 Å². The number of piperidine rings is 1. The van der Waals surface area contributed by atoms with Crippen LogP contribution in [0.25, 0.3) is 0 Å². The first-order valence-electron chi connectivity index (χ1n) is 10.1. The first-order chi connectivity index (χ1) is 13.8. The third kappa shape index (κ3) is 3.48. The Morgan fingerprint density at radius 1 is 1.21 bits per heavy atom. The van der Waals surface area contributed by atoms with Gasteiger partial charge in [-0.1, -0.05) is 5.16 Å². The number of carbonyl (C=O) groups is 1. The predicted molar refractivity (Wildman–Crippen MR) is 105 cm³/mol. The maximum Gasteiger partial charge on any atom is 0.272 e. The van der Waals surface area contributed by atoms with Crippen molar-refractivity contribution in [2.45, 2.75) is 57.4 Å². The van der Waals surface area contributed by atoms with E-state index in [1.54, 1.807) is 18.5 Å². The first-order valence-corrected chi connectivity index (χ1v) is 11.6. The van der Waals surface area contributed by atoms with Gasteiger partial charge in [0.05, 0.1) is 5.69 Å². The molecule has 4 heterocycles. The number of fused-ring (bicyclic) bond motifs is 1. The van der Waals surface area contributed by atoms with E-state index in [4.69, 9.17) is 4.52 Å². The molecule has 0 radical (unpaired) electrons. The van der Waals surface area contributed by atoms with Gasteiger partial charge in [-0.2, -0.15) is 9.40 Å². The lowest BCUT2D eigenvalue weighted by molar-refractivity contribution is 0.0766. The molecule has 1 fully saturated rings. The van der Waals surface area contributed by atoms with Gasteiger partial charge in [-0.15, -0.1) is 0 Å². The van der Waals surface area contributed by atoms with Gasteiger partial charge >= 0.3 is 0 Å². The monoisotopic (exact) mass is 421 g/mol. The molecule has 2 aliphatic heterocycles. The molecule has 29 heavy (non-hydrogen) atoms. The maximum atomic E-state index is 13.2. The zero-order chi connectivity index (χ0) is 20.8. The van der Waals surface area contributed by atoms with Gasteiger partial charge in [-0.3, -0.25) is 9.48 Å². The Labute approximate surface area is 170 Å². The van der Waals surface area contributed by atoms with Crippen molar-refractivity contribution in [1.82, 2.24) is 24.1 Å². The highest BCUT2D eigenvalue weighted by molar-refractivity contribution is 7.89. The maximum absolute atomic E-state index is 13.2. The Morgan fingerprint density at radius 2 is 2.00 bits per heavy atom. The molecule has 1 amide bonds. The van der Waals surface area contributed by atoms with Crippen molar-refractivity contribution >= 4 is 15.9 Å². The van der Waals surface area contributed by atoms with E-state index in [-0.39, 0.29) is 16.7 Å². The fourth-order valence-electron chi connectivity index (χ4n) is 4.33. The van der Waals surface area contributed by atoms with Crippen molar-refractivity contribution in [1.29, 1.82) is 0 Å². The number of aromatic nitrogens is 3. The summed E-state index contributed by atoms with van der Waals surface area (Å²) in [7, 11) is -3.69. The largest absolute Gasteiger partial charge is 0.360 e. The number of sulfonamides is 1. The highest BCUT2D eigenvalue weighted by Crippen LogP contribution is 2.32. The van der Waals surface area contributed by atoms with Crippen LogP contribution >= 0.6 is 0 Å². The molecule has 0 aliphatic carbocycles. The van der Waals surface area contributed by atoms with Crippen molar-refractivity contribution in [3.05, 3.63) is 28.9 Å². The van der Waals surface area contributed by atoms with E-state index in [0.29, 0.717) is 43.3 Å². The van der Waals surface area contributed by atoms with Crippen LogP contribution in [0.15, 0.2) is 15.5 Å². The summed E-state index contributed by atoms with van der Waals surface area (Å²) in [4.78, 5) is 14.8. The zero-order valence-corrected chi connectivity index (χ0v) is 17.9. The van der Waals surface area contributed by atoms with E-state index in [9.17, 15) is 13.2 Å². The van der Waals surface area contributed by atoms with Crippen LogP contribution in [0.5, 0.6) is 0 Å². The molecule has 2 aromatic heterocycles. The number of nitrogens with zero attached hydrogens (tertiary/aromatic N) is 5. The molecule has 4 rings (SSSR count). The quantitative estimate of drug-likeness (QED) is 0.747. The van der Waals surface area contributed by atoms with Crippen LogP contribution in [0.2, 0.25) is 0 Å². The molecule has 2 aromatic rings. The molecule has 0 spiro atoms. The highest BCUT2D eigenvalue weighted by Gasteiger charge is 2.36. The number of carbonyl (C=O) groups excluding carboxylic acids is 1. The molecule has 0 saturated carbocycles. The molecule has 2 aliphatic rings. The van der Waals surface area contributed by atoms with Gasteiger partial charge < -0.3 is 9.42 Å². The first kappa shape index (κ1) is 20.1. The smallest absolute Gasteiger partial charge is 0.272 e. The summed E-state index contributed by atoms with van der Waals surface area (Å²) in [5, 5.41) is 8.48. The van der Waals surface area contributed by atoms with E-state index in [0.717, 1.165) is 31.5 Å². The highest BCUT2D eigenvalue weighted by atomic mass is 32.2. The van der Waals surface area contributed by atoms with Gasteiger partial charge in [0.15, 0.2) is 5.76 Å². The Kier molecular flexibility index (Phi) is 5.24. The van der Waals surface area contributed by atoms with Crippen molar-refractivity contribution in [2.24, 2.45) is 0 Å². The Morgan fingerprint density at radius 3 is 2.69 bits per heavy atom. The Bertz CT molecular complexity index is 1010. The average molecular weight is 422 g/mol. The zero-order valence-electron chi connectivity index (χ0n) is 17.1. The molecule has 1 atom stereocenters. The summed E-state index contributed by atoms with van der Waals surface area (Å²) in [6, 6.07) is 1.85. The second-order valence-electron chi connectivity index (χ2n) is 7.77. The van der Waals surface area contributed by atoms with Gasteiger partial charge in [-0.25, -0.2) is 8.42 Å². The lowest BCUT2D eigenvalue weighted by Gasteiger charge is -2.31. The normalized spacial score (nSPS) is 21.3. The van der Waals surface area contributed by atoms with Crippen LogP contribution < -0.4 is 0 Å². The van der Waals surface area contributed by atoms with E-state index >= 15 is 0 Å². The second kappa shape index (κ2) is 7.56. The summed E-state index contributed by atoms with van der Waals surface area (Å²) in [6.45, 7) is 8.14. The summed E-state index contributed by atoms with van der Waals surface area (Å²) in [5.74, 6) is 0.268. The molecule has 0 N–H and O–H groups in total. The molecule has 158 valence electrons. The van der Waals surface area contributed by atoms with Crippen LogP contribution in [0.3, 0.4) is 0 Å². The summed E-state index contributed by atoms with van der Waals surface area (Å²) >= 11 is 0. The molecule has 1 saturated heterocycles. The minimum absolute atomic E-state index is 0.000224. The molecular weight excluding hydrogens is 394 g/mol. The van der Waals surface area contributed by atoms with Crippen LogP contribution in [0.4, 0.5) is 0 Å². The molecule has 10 heteroatoms. The van der Waals surface area contributed by atoms with Crippen LogP contribution in [-0.4, -0.2) is 64.6 Å². The van der Waals surface area contributed by atoms with Crippen molar-refractivity contribution < 1.29 is 17.7 Å². The molecular formula is C19H27N5O4S. The third-order valence-corrected chi connectivity index (χ3v) is 7.96. The summed E-state index contributed by atoms with van der Waals surface area (Å²) < 4.78 is 34.7. The van der Waals surface area contributed by atoms with Gasteiger partial charge in [0.1, 0.15) is 16.3 Å². The average Bonchev–Trinajstić information content (AvgIpc) is 3.24. The number of hydrogen-bond acceptors (Lipinski definition) is 6. The van der Waals surface area contributed by atoms with E-state index < -0.39 is 10.0 Å². The van der Waals surface area contributed by atoms with Crippen LogP contribution in [0.1, 0.15) is 59.7 Å². The van der Waals surface area contributed by atoms with Crippen molar-refractivity contribution in [2.75, 3.05) is 26.2 Å². The third-order valence-electron chi connectivity index (χ3n) is 5.85. The van der Waals surface area contributed by atoms with E-state index in [1.807, 2.05) is 17.9 Å². The van der Waals surface area contributed by atoms with Crippen LogP contribution in [-0.2, 0) is 16.6 Å².